The molecule has 33 heavy (non-hydrogen) atoms. The number of carbonyl (C=O) groups is 1. The van der Waals surface area contributed by atoms with Gasteiger partial charge in [-0.3, -0.25) is 9.69 Å². The fraction of sp³-hybridized carbons (Fsp3) is 0.250. The van der Waals surface area contributed by atoms with Crippen molar-refractivity contribution in [2.45, 2.75) is 37.5 Å². The average molecular weight is 485 g/mol. The molecule has 0 fully saturated rings. The van der Waals surface area contributed by atoms with Gasteiger partial charge in [0.1, 0.15) is 17.0 Å². The number of amides is 1. The summed E-state index contributed by atoms with van der Waals surface area (Å²) in [5.41, 5.74) is 2.07. The summed E-state index contributed by atoms with van der Waals surface area (Å²) in [6, 6.07) is 13.4. The number of furan rings is 1. The van der Waals surface area contributed by atoms with Crippen LogP contribution in [0.5, 0.6) is 5.75 Å². The summed E-state index contributed by atoms with van der Waals surface area (Å²) in [6.07, 6.45) is 1.55. The number of rotatable bonds is 7. The van der Waals surface area contributed by atoms with Gasteiger partial charge in [0.2, 0.25) is 0 Å². The molecule has 0 aliphatic carbocycles. The van der Waals surface area contributed by atoms with Crippen molar-refractivity contribution in [2.24, 2.45) is 0 Å². The Labute approximate surface area is 196 Å². The quantitative estimate of drug-likeness (QED) is 0.357. The molecule has 0 N–H and O–H groups in total. The van der Waals surface area contributed by atoms with Gasteiger partial charge in [0, 0.05) is 5.56 Å². The number of anilines is 1. The molecule has 0 radical (unpaired) electrons. The normalized spacial score (nSPS) is 11.8. The van der Waals surface area contributed by atoms with Gasteiger partial charge in [-0.05, 0) is 68.8 Å². The third kappa shape index (κ3) is 4.38. The fourth-order valence-electron chi connectivity index (χ4n) is 3.38. The minimum absolute atomic E-state index is 0.180. The molecule has 4 rings (SSSR count). The Morgan fingerprint density at radius 1 is 1.15 bits per heavy atom. The van der Waals surface area contributed by atoms with Crippen LogP contribution in [-0.2, 0) is 16.4 Å². The van der Waals surface area contributed by atoms with Crippen molar-refractivity contribution in [3.63, 3.8) is 0 Å². The molecule has 0 unspecified atom stereocenters. The van der Waals surface area contributed by atoms with Gasteiger partial charge in [-0.2, -0.15) is 0 Å². The second-order valence-electron chi connectivity index (χ2n) is 7.85. The number of nitrogens with zero attached hydrogens (tertiary/aromatic N) is 2. The van der Waals surface area contributed by atoms with E-state index in [1.807, 2.05) is 19.1 Å². The highest BCUT2D eigenvalue weighted by atomic mass is 32.2. The third-order valence-corrected chi connectivity index (χ3v) is 8.72. The van der Waals surface area contributed by atoms with Crippen LogP contribution in [0.1, 0.15) is 35.5 Å². The van der Waals surface area contributed by atoms with E-state index in [2.05, 4.69) is 0 Å². The lowest BCUT2D eigenvalue weighted by Gasteiger charge is -2.19. The molecule has 2 aromatic heterocycles. The van der Waals surface area contributed by atoms with Crippen molar-refractivity contribution in [1.82, 2.24) is 4.98 Å². The van der Waals surface area contributed by atoms with Gasteiger partial charge < -0.3 is 9.15 Å². The predicted octanol–water partition coefficient (Wildman–Crippen LogP) is 5.24. The van der Waals surface area contributed by atoms with Crippen molar-refractivity contribution in [2.75, 3.05) is 12.0 Å². The highest BCUT2D eigenvalue weighted by molar-refractivity contribution is 7.92. The first kappa shape index (κ1) is 23.0. The zero-order valence-corrected chi connectivity index (χ0v) is 20.4. The van der Waals surface area contributed by atoms with Crippen LogP contribution in [0.25, 0.3) is 10.2 Å². The first-order chi connectivity index (χ1) is 15.7. The van der Waals surface area contributed by atoms with E-state index in [0.29, 0.717) is 27.7 Å². The second kappa shape index (κ2) is 8.99. The van der Waals surface area contributed by atoms with Gasteiger partial charge in [-0.15, -0.1) is 0 Å². The van der Waals surface area contributed by atoms with Crippen LogP contribution >= 0.6 is 11.3 Å². The summed E-state index contributed by atoms with van der Waals surface area (Å²) in [6.45, 7) is 5.42. The third-order valence-electron chi connectivity index (χ3n) is 5.33. The minimum Gasteiger partial charge on any atom is -0.494 e. The van der Waals surface area contributed by atoms with E-state index in [0.717, 1.165) is 10.3 Å². The van der Waals surface area contributed by atoms with Crippen molar-refractivity contribution in [1.29, 1.82) is 0 Å². The topological polar surface area (TPSA) is 89.7 Å². The molecule has 0 aliphatic rings. The number of aryl methyl sites for hydroxylation is 1. The number of methoxy groups -OCH3 is 1. The highest BCUT2D eigenvalue weighted by Gasteiger charge is 2.25. The van der Waals surface area contributed by atoms with E-state index in [1.165, 1.54) is 40.5 Å². The van der Waals surface area contributed by atoms with Gasteiger partial charge in [0.15, 0.2) is 15.0 Å². The molecular formula is C24H24N2O5S2. The van der Waals surface area contributed by atoms with E-state index < -0.39 is 15.1 Å². The van der Waals surface area contributed by atoms with E-state index in [-0.39, 0.29) is 17.3 Å². The Kier molecular flexibility index (Phi) is 6.27. The maximum atomic E-state index is 13.6. The Bertz CT molecular complexity index is 1390. The predicted molar refractivity (Wildman–Crippen MR) is 129 cm³/mol. The standard InChI is InChI=1S/C24H24N2O5S2/c1-15(2)33(28,29)19-10-8-17(9-11-19)23(27)26(14-18-6-5-13-31-18)24-25-21-20(30-4)12-7-16(3)22(21)32-24/h5-13,15H,14H2,1-4H3. The van der Waals surface area contributed by atoms with Crippen LogP contribution < -0.4 is 9.64 Å². The summed E-state index contributed by atoms with van der Waals surface area (Å²) >= 11 is 1.39. The molecule has 1 amide bonds. The first-order valence-corrected chi connectivity index (χ1v) is 12.7. The second-order valence-corrected chi connectivity index (χ2v) is 11.3. The minimum atomic E-state index is -3.43. The number of fused-ring (bicyclic) bond motifs is 1. The zero-order valence-electron chi connectivity index (χ0n) is 18.7. The molecule has 2 heterocycles. The smallest absolute Gasteiger partial charge is 0.260 e. The highest BCUT2D eigenvalue weighted by Crippen LogP contribution is 2.37. The zero-order chi connectivity index (χ0) is 23.8. The van der Waals surface area contributed by atoms with Gasteiger partial charge in [-0.1, -0.05) is 17.4 Å². The fourth-order valence-corrected chi connectivity index (χ4v) is 5.49. The molecule has 2 aromatic carbocycles. The Hall–Kier alpha value is -3.17. The number of carbonyl (C=O) groups excluding carboxylic acids is 1. The molecule has 0 atom stereocenters. The number of thiazole rings is 1. The van der Waals surface area contributed by atoms with E-state index >= 15 is 0 Å². The lowest BCUT2D eigenvalue weighted by molar-refractivity contribution is 0.0983. The van der Waals surface area contributed by atoms with Crippen LogP contribution in [0.15, 0.2) is 64.1 Å². The molecule has 0 bridgehead atoms. The van der Waals surface area contributed by atoms with Crippen molar-refractivity contribution in [3.8, 4) is 5.75 Å². The van der Waals surface area contributed by atoms with E-state index in [1.54, 1.807) is 39.4 Å². The Balaban J connectivity index is 1.76. The molecule has 172 valence electrons. The summed E-state index contributed by atoms with van der Waals surface area (Å²) in [5, 5.41) is -0.0478. The van der Waals surface area contributed by atoms with Gasteiger partial charge in [-0.25, -0.2) is 13.4 Å². The van der Waals surface area contributed by atoms with Crippen LogP contribution in [0.4, 0.5) is 5.13 Å². The molecule has 0 aliphatic heterocycles. The molecule has 0 saturated carbocycles. The van der Waals surface area contributed by atoms with Crippen molar-refractivity contribution in [3.05, 3.63) is 71.7 Å². The summed E-state index contributed by atoms with van der Waals surface area (Å²) in [7, 11) is -1.84. The molecule has 4 aromatic rings. The van der Waals surface area contributed by atoms with Crippen LogP contribution in [0, 0.1) is 6.92 Å². The van der Waals surface area contributed by atoms with Crippen LogP contribution in [-0.4, -0.2) is 31.7 Å². The number of ether oxygens (including phenoxy) is 1. The van der Waals surface area contributed by atoms with Gasteiger partial charge in [0.05, 0.1) is 34.8 Å². The molecule has 0 spiro atoms. The molecule has 0 saturated heterocycles. The number of hydrogen-bond acceptors (Lipinski definition) is 7. The van der Waals surface area contributed by atoms with E-state index in [9.17, 15) is 13.2 Å². The summed E-state index contributed by atoms with van der Waals surface area (Å²) < 4.78 is 36.8. The summed E-state index contributed by atoms with van der Waals surface area (Å²) in [4.78, 5) is 20.0. The van der Waals surface area contributed by atoms with E-state index in [4.69, 9.17) is 14.1 Å². The lowest BCUT2D eigenvalue weighted by Crippen LogP contribution is -2.30. The Morgan fingerprint density at radius 3 is 2.48 bits per heavy atom. The summed E-state index contributed by atoms with van der Waals surface area (Å²) in [5.74, 6) is 0.924. The monoisotopic (exact) mass is 484 g/mol. The number of hydrogen-bond donors (Lipinski definition) is 0. The molecule has 9 heteroatoms. The molecule has 7 nitrogen and oxygen atoms in total. The maximum absolute atomic E-state index is 13.6. The molecular weight excluding hydrogens is 460 g/mol. The lowest BCUT2D eigenvalue weighted by atomic mass is 10.2. The first-order valence-electron chi connectivity index (χ1n) is 10.3. The Morgan fingerprint density at radius 2 is 1.88 bits per heavy atom. The SMILES string of the molecule is COc1ccc(C)c2sc(N(Cc3ccco3)C(=O)c3ccc(S(=O)(=O)C(C)C)cc3)nc12. The average Bonchev–Trinajstić information content (AvgIpc) is 3.48. The number of aromatic nitrogens is 1. The van der Waals surface area contributed by atoms with Gasteiger partial charge in [0.25, 0.3) is 5.91 Å². The number of sulfone groups is 1. The number of benzene rings is 2. The largest absolute Gasteiger partial charge is 0.494 e. The van der Waals surface area contributed by atoms with Crippen molar-refractivity contribution >= 4 is 42.4 Å². The van der Waals surface area contributed by atoms with Crippen molar-refractivity contribution < 1.29 is 22.4 Å². The van der Waals surface area contributed by atoms with Crippen LogP contribution in [0.2, 0.25) is 0 Å². The maximum Gasteiger partial charge on any atom is 0.260 e. The van der Waals surface area contributed by atoms with Crippen LogP contribution in [0.3, 0.4) is 0 Å². The van der Waals surface area contributed by atoms with Gasteiger partial charge >= 0.3 is 0 Å².